The first kappa shape index (κ1) is 19.7. The Morgan fingerprint density at radius 2 is 2.10 bits per heavy atom. The first-order valence-corrected chi connectivity index (χ1v) is 10.9. The molecular formula is C21H30N4O5. The fourth-order valence-corrected chi connectivity index (χ4v) is 5.27. The summed E-state index contributed by atoms with van der Waals surface area (Å²) in [5.74, 6) is 0.806. The molecule has 1 unspecified atom stereocenters. The fourth-order valence-electron chi connectivity index (χ4n) is 5.27. The predicted octanol–water partition coefficient (Wildman–Crippen LogP) is 3.51. The zero-order valence-corrected chi connectivity index (χ0v) is 17.8. The predicted molar refractivity (Wildman–Crippen MR) is 105 cm³/mol. The van der Waals surface area contributed by atoms with E-state index >= 15 is 0 Å². The van der Waals surface area contributed by atoms with Gasteiger partial charge in [-0.2, -0.15) is 0 Å². The number of nitrogens with zero attached hydrogens (tertiary/aromatic N) is 4. The number of likely N-dealkylation sites (tertiary alicyclic amines) is 1. The molecule has 1 aromatic heterocycles. The monoisotopic (exact) mass is 418 g/mol. The molecule has 3 saturated heterocycles. The molecule has 1 aromatic rings. The summed E-state index contributed by atoms with van der Waals surface area (Å²) in [6.07, 6.45) is 4.36. The van der Waals surface area contributed by atoms with E-state index in [1.54, 1.807) is 9.80 Å². The van der Waals surface area contributed by atoms with Crippen LogP contribution in [0.4, 0.5) is 9.59 Å². The van der Waals surface area contributed by atoms with E-state index in [-0.39, 0.29) is 35.5 Å². The third-order valence-corrected chi connectivity index (χ3v) is 7.05. The van der Waals surface area contributed by atoms with Crippen molar-refractivity contribution in [3.63, 3.8) is 0 Å². The molecule has 1 N–H and O–H groups in total. The van der Waals surface area contributed by atoms with Gasteiger partial charge in [0.1, 0.15) is 17.1 Å². The van der Waals surface area contributed by atoms with Crippen LogP contribution < -0.4 is 0 Å². The smallest absolute Gasteiger partial charge is 0.410 e. The minimum atomic E-state index is -0.524. The summed E-state index contributed by atoms with van der Waals surface area (Å²) in [6.45, 7) is 7.34. The number of rotatable bonds is 2. The van der Waals surface area contributed by atoms with Crippen molar-refractivity contribution in [1.82, 2.24) is 20.0 Å². The highest BCUT2D eigenvalue weighted by atomic mass is 16.6. The van der Waals surface area contributed by atoms with Crippen LogP contribution in [0.5, 0.6) is 0 Å². The zero-order valence-electron chi connectivity index (χ0n) is 17.8. The number of piperidine rings is 2. The number of carbonyl (C=O) groups excluding carboxylic acids is 2. The van der Waals surface area contributed by atoms with E-state index in [4.69, 9.17) is 9.26 Å². The molecule has 0 radical (unpaired) electrons. The van der Waals surface area contributed by atoms with Gasteiger partial charge < -0.3 is 19.1 Å². The molecule has 4 heterocycles. The number of aromatic nitrogens is 1. The average Bonchev–Trinajstić information content (AvgIpc) is 3.19. The summed E-state index contributed by atoms with van der Waals surface area (Å²) in [7, 11) is 0. The normalized spacial score (nSPS) is 30.2. The van der Waals surface area contributed by atoms with Crippen LogP contribution in [-0.2, 0) is 4.74 Å². The molecule has 3 atom stereocenters. The van der Waals surface area contributed by atoms with Crippen molar-refractivity contribution >= 4 is 12.1 Å². The molecule has 1 spiro atoms. The molecular weight excluding hydrogens is 388 g/mol. The van der Waals surface area contributed by atoms with Crippen molar-refractivity contribution < 1.29 is 24.1 Å². The molecule has 164 valence electrons. The Balaban J connectivity index is 1.31. The van der Waals surface area contributed by atoms with Gasteiger partial charge in [0.15, 0.2) is 0 Å². The Hall–Kier alpha value is -2.29. The molecule has 4 aliphatic rings. The molecule has 3 amide bonds. The topological polar surface area (TPSA) is 99.4 Å². The zero-order chi connectivity index (χ0) is 21.3. The van der Waals surface area contributed by atoms with Crippen LogP contribution >= 0.6 is 0 Å². The number of fused-ring (bicyclic) bond motifs is 3. The lowest BCUT2D eigenvalue weighted by molar-refractivity contribution is -0.0782. The number of urea groups is 1. The minimum Gasteiger partial charge on any atom is -0.444 e. The van der Waals surface area contributed by atoms with Crippen LogP contribution in [0.25, 0.3) is 0 Å². The Morgan fingerprint density at radius 3 is 2.80 bits per heavy atom. The maximum Gasteiger partial charge on any atom is 0.410 e. The number of amides is 3. The number of carbonyl (C=O) groups is 2. The summed E-state index contributed by atoms with van der Waals surface area (Å²) in [4.78, 5) is 28.4. The lowest BCUT2D eigenvalue weighted by atomic mass is 9.84. The van der Waals surface area contributed by atoms with Crippen molar-refractivity contribution in [3.05, 3.63) is 17.5 Å². The first-order valence-electron chi connectivity index (χ1n) is 10.9. The average molecular weight is 418 g/mol. The van der Waals surface area contributed by atoms with Crippen LogP contribution in [0, 0.1) is 5.41 Å². The summed E-state index contributed by atoms with van der Waals surface area (Å²) in [5.41, 5.74) is 0.233. The Bertz CT molecular complexity index is 858. The van der Waals surface area contributed by atoms with Gasteiger partial charge in [-0.3, -0.25) is 5.21 Å². The minimum absolute atomic E-state index is 0.0134. The summed E-state index contributed by atoms with van der Waals surface area (Å²) < 4.78 is 11.2. The molecule has 5 rings (SSSR count). The largest absolute Gasteiger partial charge is 0.444 e. The third kappa shape index (κ3) is 3.23. The second-order valence-electron chi connectivity index (χ2n) is 10.3. The lowest BCUT2D eigenvalue weighted by Crippen LogP contribution is -2.42. The molecule has 2 bridgehead atoms. The quantitative estimate of drug-likeness (QED) is 0.738. The molecule has 1 aliphatic carbocycles. The van der Waals surface area contributed by atoms with Gasteiger partial charge in [-0.1, -0.05) is 5.16 Å². The van der Waals surface area contributed by atoms with E-state index in [0.717, 1.165) is 48.6 Å². The van der Waals surface area contributed by atoms with Gasteiger partial charge in [-0.05, 0) is 58.3 Å². The molecule has 0 aromatic carbocycles. The highest BCUT2D eigenvalue weighted by Gasteiger charge is 2.63. The van der Waals surface area contributed by atoms with Crippen LogP contribution in [0.1, 0.15) is 76.3 Å². The van der Waals surface area contributed by atoms with E-state index in [1.807, 2.05) is 26.8 Å². The SMILES string of the molecule is CC(C)(C)OC(=O)N1CCCC(c2cc([C@@H]3CC4(CC4)[C@@H]4CN3C(=O)N4O)no2)C1. The van der Waals surface area contributed by atoms with Gasteiger partial charge >= 0.3 is 12.1 Å². The van der Waals surface area contributed by atoms with Crippen molar-refractivity contribution in [2.24, 2.45) is 5.41 Å². The maximum absolute atomic E-state index is 12.5. The van der Waals surface area contributed by atoms with Gasteiger partial charge in [0.05, 0.1) is 12.1 Å². The van der Waals surface area contributed by atoms with Crippen LogP contribution in [0.3, 0.4) is 0 Å². The Kier molecular flexibility index (Phi) is 4.33. The van der Waals surface area contributed by atoms with Crippen LogP contribution in [0.2, 0.25) is 0 Å². The van der Waals surface area contributed by atoms with Gasteiger partial charge in [-0.15, -0.1) is 0 Å². The molecule has 1 saturated carbocycles. The Labute approximate surface area is 175 Å². The third-order valence-electron chi connectivity index (χ3n) is 7.05. The molecule has 4 fully saturated rings. The van der Waals surface area contributed by atoms with Crippen LogP contribution in [-0.4, -0.2) is 68.6 Å². The van der Waals surface area contributed by atoms with Crippen molar-refractivity contribution in [1.29, 1.82) is 0 Å². The number of hydrogen-bond donors (Lipinski definition) is 1. The molecule has 3 aliphatic heterocycles. The number of ether oxygens (including phenoxy) is 1. The van der Waals surface area contributed by atoms with Crippen molar-refractivity contribution in [2.45, 2.75) is 76.5 Å². The van der Waals surface area contributed by atoms with E-state index in [1.165, 1.54) is 0 Å². The molecule has 9 heteroatoms. The molecule has 30 heavy (non-hydrogen) atoms. The summed E-state index contributed by atoms with van der Waals surface area (Å²) >= 11 is 0. The second-order valence-corrected chi connectivity index (χ2v) is 10.3. The second kappa shape index (κ2) is 6.60. The number of hydroxylamine groups is 2. The van der Waals surface area contributed by atoms with Crippen LogP contribution in [0.15, 0.2) is 10.6 Å². The molecule has 9 nitrogen and oxygen atoms in total. The maximum atomic E-state index is 12.5. The van der Waals surface area contributed by atoms with Crippen molar-refractivity contribution in [3.8, 4) is 0 Å². The number of hydrogen-bond acceptors (Lipinski definition) is 6. The lowest BCUT2D eigenvalue weighted by Gasteiger charge is -2.35. The van der Waals surface area contributed by atoms with Gasteiger partial charge in [0, 0.05) is 31.6 Å². The van der Waals surface area contributed by atoms with E-state index < -0.39 is 5.60 Å². The van der Waals surface area contributed by atoms with Gasteiger partial charge in [0.25, 0.3) is 0 Å². The van der Waals surface area contributed by atoms with E-state index in [2.05, 4.69) is 5.16 Å². The van der Waals surface area contributed by atoms with Gasteiger partial charge in [0.2, 0.25) is 0 Å². The Morgan fingerprint density at radius 1 is 1.33 bits per heavy atom. The standard InChI is InChI=1S/C21H30N4O5/c1-20(2,3)29-19(27)23-8-4-5-13(11-23)16-9-14(22-30-16)15-10-21(6-7-21)17-12-24(15)18(26)25(17)28/h9,13,15,17,28H,4-8,10-12H2,1-3H3/t13?,15-,17-/m0/s1. The first-order chi connectivity index (χ1) is 14.2. The summed E-state index contributed by atoms with van der Waals surface area (Å²) in [5, 5.41) is 15.5. The highest BCUT2D eigenvalue weighted by molar-refractivity contribution is 5.77. The van der Waals surface area contributed by atoms with Crippen molar-refractivity contribution in [2.75, 3.05) is 19.6 Å². The fraction of sp³-hybridized carbons (Fsp3) is 0.762. The highest BCUT2D eigenvalue weighted by Crippen LogP contribution is 2.61. The van der Waals surface area contributed by atoms with E-state index in [0.29, 0.717) is 19.6 Å². The van der Waals surface area contributed by atoms with Gasteiger partial charge in [-0.25, -0.2) is 14.7 Å². The summed E-state index contributed by atoms with van der Waals surface area (Å²) in [6, 6.07) is 1.33. The van der Waals surface area contributed by atoms with E-state index in [9.17, 15) is 14.8 Å².